The Hall–Kier alpha value is -1.65. The summed E-state index contributed by atoms with van der Waals surface area (Å²) in [4.78, 5) is 0. The molecule has 0 nitrogen and oxygen atoms in total. The predicted molar refractivity (Wildman–Crippen MR) is 66.9 cm³/mol. The lowest BCUT2D eigenvalue weighted by Crippen LogP contribution is -2.18. The van der Waals surface area contributed by atoms with Crippen molar-refractivity contribution in [2.75, 3.05) is 0 Å². The molecule has 1 aliphatic carbocycles. The molecule has 0 amide bonds. The van der Waals surface area contributed by atoms with E-state index >= 15 is 0 Å². The fraction of sp³-hybridized carbons (Fsp3) is 0. The van der Waals surface area contributed by atoms with E-state index in [0.29, 0.717) is 0 Å². The van der Waals surface area contributed by atoms with Crippen LogP contribution in [0.3, 0.4) is 0 Å². The number of allylic oxidation sites excluding steroid dienone is 4. The third-order valence-corrected chi connectivity index (χ3v) is 3.75. The minimum Gasteiger partial charge on any atom is -0.0764 e. The normalized spacial score (nSPS) is 17.3. The van der Waals surface area contributed by atoms with Gasteiger partial charge < -0.3 is 0 Å². The minimum absolute atomic E-state index is 0.0717. The van der Waals surface area contributed by atoms with Crippen molar-refractivity contribution in [3.63, 3.8) is 0 Å². The van der Waals surface area contributed by atoms with Crippen LogP contribution in [0.1, 0.15) is 0 Å². The van der Waals surface area contributed by atoms with E-state index in [4.69, 9.17) is 6.42 Å². The molecule has 70 valence electrons. The summed E-state index contributed by atoms with van der Waals surface area (Å²) in [5.41, 5.74) is 0.913. The first-order chi connectivity index (χ1) is 7.40. The fourth-order valence-corrected chi connectivity index (χ4v) is 2.77. The Morgan fingerprint density at radius 1 is 1.07 bits per heavy atom. The number of hydrogen-bond acceptors (Lipinski definition) is 0. The van der Waals surface area contributed by atoms with Crippen LogP contribution < -0.4 is 5.19 Å². The highest BCUT2D eigenvalue weighted by atomic mass is 28.2. The van der Waals surface area contributed by atoms with Gasteiger partial charge in [-0.15, -0.1) is 0 Å². The Bertz CT molecular complexity index is 470. The van der Waals surface area contributed by atoms with E-state index in [9.17, 15) is 0 Å². The standard InChI is InChI=1S/C14H10Si/c1-2-12-8-6-7-11-14(12)15-13-9-4-3-5-10-13/h3-11,15H. The predicted octanol–water partition coefficient (Wildman–Crippen LogP) is 1.21. The van der Waals surface area contributed by atoms with Crippen LogP contribution in [0.2, 0.25) is 0 Å². The summed E-state index contributed by atoms with van der Waals surface area (Å²) in [6, 6.07) is 10.4. The zero-order valence-corrected chi connectivity index (χ0v) is 9.43. The van der Waals surface area contributed by atoms with Gasteiger partial charge in [0.15, 0.2) is 0 Å². The van der Waals surface area contributed by atoms with Crippen LogP contribution in [0.5, 0.6) is 0 Å². The van der Waals surface area contributed by atoms with Gasteiger partial charge in [0.05, 0.1) is 0 Å². The molecule has 0 fully saturated rings. The highest BCUT2D eigenvalue weighted by Crippen LogP contribution is 2.05. The summed E-state index contributed by atoms with van der Waals surface area (Å²) < 4.78 is 0. The Labute approximate surface area is 92.8 Å². The molecule has 1 heteroatoms. The number of hydrogen-bond donors (Lipinski definition) is 0. The van der Waals surface area contributed by atoms with Crippen LogP contribution >= 0.6 is 0 Å². The van der Waals surface area contributed by atoms with Crippen LogP contribution in [0.15, 0.2) is 54.1 Å². The average Bonchev–Trinajstić information content (AvgIpc) is 2.31. The van der Waals surface area contributed by atoms with Crippen molar-refractivity contribution >= 4 is 19.5 Å². The molecule has 0 spiro atoms. The second kappa shape index (κ2) is 4.72. The molecular formula is C14H10Si. The maximum atomic E-state index is 7.21. The maximum absolute atomic E-state index is 7.21. The van der Waals surface area contributed by atoms with Gasteiger partial charge in [0, 0.05) is 21.1 Å². The van der Waals surface area contributed by atoms with Gasteiger partial charge in [-0.05, 0) is 22.9 Å². The van der Waals surface area contributed by atoms with Crippen molar-refractivity contribution < 1.29 is 0 Å². The SMILES string of the molecule is [C]#CC1=CC=C[CH]C1=[SiH]c1ccccc1. The lowest BCUT2D eigenvalue weighted by atomic mass is 10.1. The topological polar surface area (TPSA) is 0 Å². The molecule has 0 aliphatic heterocycles. The molecule has 15 heavy (non-hydrogen) atoms. The summed E-state index contributed by atoms with van der Waals surface area (Å²) >= 11 is 0. The molecule has 0 N–H and O–H groups in total. The van der Waals surface area contributed by atoms with Gasteiger partial charge in [-0.2, -0.15) is 0 Å². The second-order valence-electron chi connectivity index (χ2n) is 3.27. The van der Waals surface area contributed by atoms with Gasteiger partial charge in [-0.3, -0.25) is 0 Å². The number of benzene rings is 1. The first kappa shape index (κ1) is 9.89. The molecule has 0 saturated carbocycles. The first-order valence-electron chi connectivity index (χ1n) is 4.82. The van der Waals surface area contributed by atoms with Crippen LogP contribution in [0.25, 0.3) is 0 Å². The third kappa shape index (κ3) is 2.43. The Morgan fingerprint density at radius 2 is 1.87 bits per heavy atom. The average molecular weight is 206 g/mol. The lowest BCUT2D eigenvalue weighted by Gasteiger charge is -2.07. The monoisotopic (exact) mass is 206 g/mol. The minimum atomic E-state index is 0.0717. The highest BCUT2D eigenvalue weighted by Gasteiger charge is 2.04. The zero-order valence-electron chi connectivity index (χ0n) is 8.27. The first-order valence-corrected chi connectivity index (χ1v) is 5.97. The van der Waals surface area contributed by atoms with Crippen LogP contribution in [-0.4, -0.2) is 14.3 Å². The van der Waals surface area contributed by atoms with E-state index in [0.717, 1.165) is 5.57 Å². The zero-order chi connectivity index (χ0) is 10.5. The Morgan fingerprint density at radius 3 is 2.60 bits per heavy atom. The molecule has 1 aromatic rings. The molecule has 0 saturated heterocycles. The Balaban J connectivity index is 2.33. The van der Waals surface area contributed by atoms with E-state index in [1.165, 1.54) is 10.4 Å². The fourth-order valence-electron chi connectivity index (χ4n) is 1.47. The molecule has 0 heterocycles. The summed E-state index contributed by atoms with van der Waals surface area (Å²) in [5, 5.41) is 2.58. The molecule has 0 aromatic heterocycles. The van der Waals surface area contributed by atoms with Gasteiger partial charge in [0.2, 0.25) is 0 Å². The van der Waals surface area contributed by atoms with Gasteiger partial charge in [-0.1, -0.05) is 48.4 Å². The molecule has 1 aromatic carbocycles. The van der Waals surface area contributed by atoms with Crippen molar-refractivity contribution in [3.8, 4) is 5.92 Å². The maximum Gasteiger partial charge on any atom is 0.0357 e. The highest BCUT2D eigenvalue weighted by molar-refractivity contribution is 6.71. The van der Waals surface area contributed by atoms with Crippen molar-refractivity contribution in [2.24, 2.45) is 0 Å². The molecule has 2 rings (SSSR count). The Kier molecular flexibility index (Phi) is 3.11. The molecule has 0 bridgehead atoms. The second-order valence-corrected chi connectivity index (χ2v) is 4.84. The largest absolute Gasteiger partial charge is 0.0764 e. The summed E-state index contributed by atoms with van der Waals surface area (Å²) in [6.07, 6.45) is 15.2. The van der Waals surface area contributed by atoms with Crippen molar-refractivity contribution in [2.45, 2.75) is 0 Å². The summed E-state index contributed by atoms with van der Waals surface area (Å²) in [5.74, 6) is 2.49. The van der Waals surface area contributed by atoms with E-state index in [2.05, 4.69) is 36.6 Å². The van der Waals surface area contributed by atoms with Crippen molar-refractivity contribution in [1.29, 1.82) is 0 Å². The van der Waals surface area contributed by atoms with Crippen LogP contribution in [-0.2, 0) is 0 Å². The van der Waals surface area contributed by atoms with Crippen LogP contribution in [0, 0.1) is 18.8 Å². The van der Waals surface area contributed by atoms with Gasteiger partial charge in [0.1, 0.15) is 0 Å². The lowest BCUT2D eigenvalue weighted by molar-refractivity contribution is 1.73. The van der Waals surface area contributed by atoms with Gasteiger partial charge in [0.25, 0.3) is 0 Å². The molecule has 2 radical (unpaired) electrons. The smallest absolute Gasteiger partial charge is 0.0357 e. The summed E-state index contributed by atoms with van der Waals surface area (Å²) in [6.45, 7) is 0. The van der Waals surface area contributed by atoms with Gasteiger partial charge >= 0.3 is 0 Å². The van der Waals surface area contributed by atoms with Crippen molar-refractivity contribution in [3.05, 3.63) is 67.0 Å². The number of rotatable bonds is 1. The quantitative estimate of drug-likeness (QED) is 0.478. The van der Waals surface area contributed by atoms with E-state index < -0.39 is 0 Å². The molecule has 1 aliphatic rings. The summed E-state index contributed by atoms with van der Waals surface area (Å²) in [7, 11) is 0.0717. The molecule has 0 atom stereocenters. The van der Waals surface area contributed by atoms with Crippen molar-refractivity contribution in [1.82, 2.24) is 0 Å². The molecular weight excluding hydrogens is 196 g/mol. The molecule has 0 unspecified atom stereocenters. The van der Waals surface area contributed by atoms with Gasteiger partial charge in [-0.25, -0.2) is 0 Å². The third-order valence-electron chi connectivity index (χ3n) is 2.22. The van der Waals surface area contributed by atoms with E-state index in [-0.39, 0.29) is 9.13 Å². The van der Waals surface area contributed by atoms with E-state index in [1.807, 2.05) is 24.3 Å². The van der Waals surface area contributed by atoms with Crippen LogP contribution in [0.4, 0.5) is 0 Å². The van der Waals surface area contributed by atoms with E-state index in [1.54, 1.807) is 0 Å².